The predicted octanol–water partition coefficient (Wildman–Crippen LogP) is 4.11. The number of carboxylic acid groups (broad SMARTS) is 1. The minimum absolute atomic E-state index is 0.0160. The lowest BCUT2D eigenvalue weighted by molar-refractivity contribution is -0.138. The van der Waals surface area contributed by atoms with Crippen LogP contribution in [0.25, 0.3) is 21.8 Å². The monoisotopic (exact) mass is 1540 g/mol. The second kappa shape index (κ2) is 47.9. The smallest absolute Gasteiger partial charge is 0.303 e. The molecule has 15 atom stereocenters. The van der Waals surface area contributed by atoms with Crippen LogP contribution in [0.15, 0.2) is 65.9 Å². The number of carbonyl (C=O) groups excluding carboxylic acids is 12. The van der Waals surface area contributed by atoms with Gasteiger partial charge in [0.25, 0.3) is 0 Å². The number of para-hydroxylation sites is 2. The van der Waals surface area contributed by atoms with Gasteiger partial charge in [-0.1, -0.05) is 111 Å². The third-order valence-corrected chi connectivity index (χ3v) is 20.9. The van der Waals surface area contributed by atoms with Crippen molar-refractivity contribution in [3.8, 4) is 0 Å². The van der Waals surface area contributed by atoms with Crippen molar-refractivity contribution in [3.05, 3.63) is 72.1 Å². The number of H-pyrrole nitrogens is 2. The number of nitrogens with zero attached hydrogens (tertiary/aromatic N) is 1. The number of guanidine groups is 1. The lowest BCUT2D eigenvalue weighted by Gasteiger charge is -2.28. The first-order valence-electron chi connectivity index (χ1n) is 38.8. The van der Waals surface area contributed by atoms with Gasteiger partial charge < -0.3 is 85.6 Å². The molecule has 0 aliphatic carbocycles. The van der Waals surface area contributed by atoms with Crippen LogP contribution in [0.4, 0.5) is 0 Å². The summed E-state index contributed by atoms with van der Waals surface area (Å²) < 4.78 is 0. The lowest BCUT2D eigenvalue weighted by Crippen LogP contribution is -2.51. The molecule has 0 saturated heterocycles. The highest BCUT2D eigenvalue weighted by Gasteiger charge is 2.39. The number of aliphatic hydroxyl groups excluding tert-OH is 3. The van der Waals surface area contributed by atoms with E-state index in [9.17, 15) is 82.8 Å². The molecular formula is C80H123N13O17. The molecule has 4 aromatic rings. The number of benzene rings is 2. The largest absolute Gasteiger partial charge is 0.481 e. The minimum atomic E-state index is -1.72. The summed E-state index contributed by atoms with van der Waals surface area (Å²) in [5.41, 5.74) is 30.9. The number of aliphatic imine (C=N–C) groups is 1. The second-order valence-electron chi connectivity index (χ2n) is 30.4. The number of aromatic amines is 2. The maximum Gasteiger partial charge on any atom is 0.303 e. The minimum Gasteiger partial charge on any atom is -0.481 e. The van der Waals surface area contributed by atoms with Crippen LogP contribution >= 0.6 is 0 Å². The quantitative estimate of drug-likeness (QED) is 0.0168. The van der Waals surface area contributed by atoms with Crippen LogP contribution in [0.1, 0.15) is 189 Å². The van der Waals surface area contributed by atoms with Gasteiger partial charge in [0.1, 0.15) is 17.9 Å². The first kappa shape index (κ1) is 93.3. The number of hydrogen-bond donors (Lipinski definition) is 16. The number of carbonyl (C=O) groups is 13. The summed E-state index contributed by atoms with van der Waals surface area (Å²) in [5, 5.41) is 57.4. The zero-order valence-electron chi connectivity index (χ0n) is 65.3. The van der Waals surface area contributed by atoms with E-state index in [1.165, 1.54) is 13.8 Å². The molecule has 4 rings (SSSR count). The Morgan fingerprint density at radius 2 is 0.909 bits per heavy atom. The van der Waals surface area contributed by atoms with Gasteiger partial charge in [-0.2, -0.15) is 0 Å². The van der Waals surface area contributed by atoms with E-state index in [1.807, 2.05) is 34.6 Å². The molecule has 0 bridgehead atoms. The maximum atomic E-state index is 15.0. The number of rotatable bonds is 57. The van der Waals surface area contributed by atoms with Gasteiger partial charge in [-0.15, -0.1) is 0 Å². The Morgan fingerprint density at radius 1 is 0.473 bits per heavy atom. The molecule has 610 valence electrons. The number of primary amides is 1. The van der Waals surface area contributed by atoms with Gasteiger partial charge in [-0.25, -0.2) is 0 Å². The fourth-order valence-electron chi connectivity index (χ4n) is 13.7. The van der Waals surface area contributed by atoms with E-state index >= 15 is 0 Å². The van der Waals surface area contributed by atoms with Crippen LogP contribution in [-0.2, 0) is 75.2 Å². The summed E-state index contributed by atoms with van der Waals surface area (Å²) in [5.74, 6) is -17.9. The molecule has 2 aromatic carbocycles. The van der Waals surface area contributed by atoms with Crippen molar-refractivity contribution in [3.63, 3.8) is 0 Å². The van der Waals surface area contributed by atoms with Gasteiger partial charge in [-0.05, 0) is 119 Å². The number of nitrogens with one attached hydrogen (secondary N) is 7. The number of amides is 6. The Bertz CT molecular complexity index is 3730. The zero-order chi connectivity index (χ0) is 81.9. The number of fused-ring (bicyclic) bond motifs is 2. The highest BCUT2D eigenvalue weighted by atomic mass is 16.4. The fourth-order valence-corrected chi connectivity index (χ4v) is 13.7. The summed E-state index contributed by atoms with van der Waals surface area (Å²) in [6.07, 6.45) is 2.26. The van der Waals surface area contributed by atoms with E-state index in [-0.39, 0.29) is 113 Å². The summed E-state index contributed by atoms with van der Waals surface area (Å²) in [6.45, 7) is 12.3. The highest BCUT2D eigenvalue weighted by Crippen LogP contribution is 2.29. The van der Waals surface area contributed by atoms with E-state index in [1.54, 1.807) is 67.8 Å². The van der Waals surface area contributed by atoms with Crippen molar-refractivity contribution in [2.75, 3.05) is 32.8 Å². The fraction of sp³-hybridized carbons (Fsp3) is 0.625. The van der Waals surface area contributed by atoms with E-state index in [4.69, 9.17) is 28.7 Å². The van der Waals surface area contributed by atoms with Crippen molar-refractivity contribution in [2.45, 2.75) is 227 Å². The lowest BCUT2D eigenvalue weighted by atomic mass is 9.82. The van der Waals surface area contributed by atoms with E-state index in [2.05, 4.69) is 41.5 Å². The van der Waals surface area contributed by atoms with Gasteiger partial charge in [0.05, 0.1) is 43.4 Å². The molecule has 6 amide bonds. The van der Waals surface area contributed by atoms with Crippen LogP contribution in [-0.4, -0.2) is 182 Å². The normalized spacial score (nSPS) is 15.7. The second-order valence-corrected chi connectivity index (χ2v) is 30.4. The molecular weight excluding hydrogens is 1410 g/mol. The van der Waals surface area contributed by atoms with Crippen LogP contribution in [0.2, 0.25) is 0 Å². The Labute approximate surface area is 644 Å². The van der Waals surface area contributed by atoms with Gasteiger partial charge in [0, 0.05) is 128 Å². The summed E-state index contributed by atoms with van der Waals surface area (Å²) in [4.78, 5) is 193. The molecule has 2 heterocycles. The Morgan fingerprint density at radius 3 is 1.40 bits per heavy atom. The molecule has 0 fully saturated rings. The summed E-state index contributed by atoms with van der Waals surface area (Å²) in [7, 11) is 0. The molecule has 0 radical (unpaired) electrons. The van der Waals surface area contributed by atoms with Gasteiger partial charge >= 0.3 is 5.97 Å². The standard InChI is InChI=1S/C80H123N13O17/c1-9-47(5)58(39-67(97)48(6)26-27-73(103)104)78(109)91-63(32-46(4)19-14-16-28-81)69(99)36-51(20-15-17-29-82)76(107)92-66(44-95)71(101)38-53(34-54-41-87-60-24-12-10-22-56(54)60)77(108)93-65(43-94)70(100)37-52(21-18-30-86-80(84)85)75(106)89-64(35-55-42-88-61-25-13-11-23-57(55)61)72(102)40-59(50(8)96)79(110)90-62(31-45(2)3)68(98)33-49(7)74(83)105/h10-13,22-25,41-42,45-53,58-59,62-66,87-88,94-96H,9,14-21,26-40,43-44,81-82H2,1-8H3,(H2,83,105)(H,89,106)(H,90,110)(H,91,109)(H,92,107)(H,93,108)(H,103,104)(H4,84,85,86)/t46?,47-,48-,49+,50+,51+,52+,53+,58-,59-,62-,63-,64-,65-,66-/m0/s1. The molecule has 0 aliphatic rings. The van der Waals surface area contributed by atoms with Crippen molar-refractivity contribution in [1.82, 2.24) is 36.6 Å². The molecule has 0 saturated carbocycles. The number of aliphatic carboxylic acids is 1. The Balaban J connectivity index is 1.69. The molecule has 2 aromatic heterocycles. The van der Waals surface area contributed by atoms with Crippen LogP contribution in [0, 0.1) is 59.2 Å². The van der Waals surface area contributed by atoms with Crippen molar-refractivity contribution >= 4 is 104 Å². The van der Waals surface area contributed by atoms with Crippen molar-refractivity contribution in [2.24, 2.45) is 92.8 Å². The number of Topliss-reactive ketones (excluding diaryl/α,β-unsaturated/α-hetero) is 6. The van der Waals surface area contributed by atoms with Crippen LogP contribution < -0.4 is 55.3 Å². The van der Waals surface area contributed by atoms with E-state index in [0.717, 1.165) is 6.42 Å². The zero-order valence-corrected chi connectivity index (χ0v) is 65.3. The van der Waals surface area contributed by atoms with Crippen LogP contribution in [0.3, 0.4) is 0 Å². The topological polar surface area (TPSA) is 537 Å². The number of ketones is 6. The molecule has 0 spiro atoms. The molecule has 0 aliphatic heterocycles. The maximum absolute atomic E-state index is 15.0. The van der Waals surface area contributed by atoms with Crippen molar-refractivity contribution in [1.29, 1.82) is 0 Å². The van der Waals surface area contributed by atoms with Crippen LogP contribution in [0.5, 0.6) is 0 Å². The first-order valence-corrected chi connectivity index (χ1v) is 38.8. The highest BCUT2D eigenvalue weighted by molar-refractivity contribution is 6.00. The van der Waals surface area contributed by atoms with E-state index in [0.29, 0.717) is 71.6 Å². The Hall–Kier alpha value is -9.10. The number of aromatic nitrogens is 2. The van der Waals surface area contributed by atoms with Gasteiger partial charge in [0.15, 0.2) is 34.9 Å². The number of aliphatic hydroxyl groups is 3. The third kappa shape index (κ3) is 31.0. The number of hydrogen-bond acceptors (Lipinski definition) is 19. The number of unbranched alkanes of at least 4 members (excludes halogenated alkanes) is 2. The summed E-state index contributed by atoms with van der Waals surface area (Å²) >= 11 is 0. The SMILES string of the molecule is CC[C@H](C)[C@H](CC(=O)[C@@H](C)CCC(=O)O)C(=O)N[C@@H](CC(C)CCCCN)C(=O)C[C@@H](CCCCN)C(=O)N[C@@H](CO)C(=O)C[C@@H](Cc1c[nH]c2ccccc12)C(=O)N[C@@H](CO)C(=O)C[C@@H](CCCN=C(N)N)C(=O)N[C@@H](Cc1c[nH]c2ccccc12)C(=O)C[C@H](C(=O)N[C@@H](CC(C)C)C(=O)C[C@@H](C)C(N)=O)[C@@H](C)O. The van der Waals surface area contributed by atoms with E-state index < -0.39 is 187 Å². The molecule has 30 heteroatoms. The average Bonchev–Trinajstić information content (AvgIpc) is 1.65. The summed E-state index contributed by atoms with van der Waals surface area (Å²) in [6, 6.07) is 7.21. The predicted molar refractivity (Wildman–Crippen MR) is 418 cm³/mol. The van der Waals surface area contributed by atoms with Gasteiger partial charge in [-0.3, -0.25) is 67.3 Å². The van der Waals surface area contributed by atoms with Gasteiger partial charge in [0.2, 0.25) is 35.4 Å². The number of nitrogens with two attached hydrogens (primary N) is 5. The number of carboxylic acids is 1. The third-order valence-electron chi connectivity index (χ3n) is 20.9. The Kier molecular flexibility index (Phi) is 40.6. The van der Waals surface area contributed by atoms with Crippen molar-refractivity contribution < 1.29 is 82.8 Å². The average molecular weight is 1540 g/mol. The molecule has 30 nitrogen and oxygen atoms in total. The molecule has 110 heavy (non-hydrogen) atoms. The first-order chi connectivity index (χ1) is 52.2. The molecule has 1 unspecified atom stereocenters. The molecule has 21 N–H and O–H groups in total.